The monoisotopic (exact) mass is 321 g/mol. The second kappa shape index (κ2) is 8.53. The third kappa shape index (κ3) is 4.69. The maximum absolute atomic E-state index is 12.4. The summed E-state index contributed by atoms with van der Waals surface area (Å²) >= 11 is 0. The van der Waals surface area contributed by atoms with Gasteiger partial charge in [-0.15, -0.1) is 0 Å². The number of hydrogen-bond donors (Lipinski definition) is 0. The summed E-state index contributed by atoms with van der Waals surface area (Å²) in [7, 11) is 2.96. The number of piperidine rings is 1. The van der Waals surface area contributed by atoms with Crippen LogP contribution < -0.4 is 0 Å². The second-order valence-corrected chi connectivity index (χ2v) is 5.60. The lowest BCUT2D eigenvalue weighted by atomic mass is 9.93. The molecule has 1 aliphatic heterocycles. The first-order valence-electron chi connectivity index (χ1n) is 7.69. The molecule has 2 unspecified atom stereocenters. The van der Waals surface area contributed by atoms with Crippen LogP contribution in [0, 0.1) is 5.92 Å². The van der Waals surface area contributed by atoms with Gasteiger partial charge >= 0.3 is 12.1 Å². The van der Waals surface area contributed by atoms with Crippen molar-refractivity contribution >= 4 is 12.1 Å². The Balaban J connectivity index is 1.98. The second-order valence-electron chi connectivity index (χ2n) is 5.60. The number of hydrogen-bond acceptors (Lipinski definition) is 5. The quantitative estimate of drug-likeness (QED) is 0.778. The molecule has 1 amide bonds. The van der Waals surface area contributed by atoms with Gasteiger partial charge in [-0.3, -0.25) is 4.79 Å². The Morgan fingerprint density at radius 3 is 2.57 bits per heavy atom. The smallest absolute Gasteiger partial charge is 0.410 e. The summed E-state index contributed by atoms with van der Waals surface area (Å²) in [5.41, 5.74) is 0.922. The van der Waals surface area contributed by atoms with E-state index in [0.29, 0.717) is 26.0 Å². The van der Waals surface area contributed by atoms with Crippen molar-refractivity contribution in [2.24, 2.45) is 5.92 Å². The number of ether oxygens (including phenoxy) is 3. The van der Waals surface area contributed by atoms with Crippen molar-refractivity contribution in [2.75, 3.05) is 27.4 Å². The number of methoxy groups -OCH3 is 2. The number of nitrogens with zero attached hydrogens (tertiary/aromatic N) is 1. The number of rotatable bonds is 5. The molecule has 1 aliphatic rings. The molecule has 23 heavy (non-hydrogen) atoms. The van der Waals surface area contributed by atoms with E-state index in [1.54, 1.807) is 12.0 Å². The molecule has 6 heteroatoms. The van der Waals surface area contributed by atoms with Crippen LogP contribution in [0.5, 0.6) is 0 Å². The molecule has 0 spiro atoms. The Morgan fingerprint density at radius 2 is 1.91 bits per heavy atom. The number of benzene rings is 1. The highest BCUT2D eigenvalue weighted by atomic mass is 16.6. The minimum Gasteiger partial charge on any atom is -0.469 e. The van der Waals surface area contributed by atoms with Gasteiger partial charge in [0.25, 0.3) is 0 Å². The summed E-state index contributed by atoms with van der Waals surface area (Å²) < 4.78 is 15.4. The molecule has 0 bridgehead atoms. The van der Waals surface area contributed by atoms with E-state index in [1.165, 1.54) is 7.11 Å². The molecule has 1 aromatic carbocycles. The minimum absolute atomic E-state index is 0.0795. The summed E-state index contributed by atoms with van der Waals surface area (Å²) in [4.78, 5) is 25.7. The van der Waals surface area contributed by atoms with Gasteiger partial charge in [0.1, 0.15) is 6.61 Å². The van der Waals surface area contributed by atoms with Gasteiger partial charge in [0.05, 0.1) is 25.7 Å². The van der Waals surface area contributed by atoms with Gasteiger partial charge in [0, 0.05) is 13.7 Å². The Kier molecular flexibility index (Phi) is 6.40. The fourth-order valence-electron chi connectivity index (χ4n) is 2.78. The van der Waals surface area contributed by atoms with Crippen LogP contribution in [0.4, 0.5) is 4.79 Å². The molecule has 2 atom stereocenters. The molecule has 0 aliphatic carbocycles. The highest BCUT2D eigenvalue weighted by molar-refractivity contribution is 5.75. The maximum Gasteiger partial charge on any atom is 0.410 e. The molecule has 1 aromatic rings. The standard InChI is InChI=1S/C17H23NO5/c1-21-12-15-9-8-14(16(19)22-2)10-18(15)17(20)23-11-13-6-4-3-5-7-13/h3-7,14-15H,8-12H2,1-2H3. The molecule has 2 rings (SSSR count). The molecular formula is C17H23NO5. The summed E-state index contributed by atoms with van der Waals surface area (Å²) in [5, 5.41) is 0. The molecule has 1 saturated heterocycles. The molecular weight excluding hydrogens is 298 g/mol. The molecule has 0 saturated carbocycles. The van der Waals surface area contributed by atoms with Crippen molar-refractivity contribution in [1.29, 1.82) is 0 Å². The van der Waals surface area contributed by atoms with Crippen LogP contribution in [0.1, 0.15) is 18.4 Å². The van der Waals surface area contributed by atoms with Crippen LogP contribution >= 0.6 is 0 Å². The van der Waals surface area contributed by atoms with Crippen LogP contribution in [0.2, 0.25) is 0 Å². The van der Waals surface area contributed by atoms with Crippen molar-refractivity contribution in [1.82, 2.24) is 4.90 Å². The fourth-order valence-corrected chi connectivity index (χ4v) is 2.78. The molecule has 1 heterocycles. The third-order valence-corrected chi connectivity index (χ3v) is 4.04. The van der Waals surface area contributed by atoms with Gasteiger partial charge in [-0.05, 0) is 18.4 Å². The third-order valence-electron chi connectivity index (χ3n) is 4.04. The van der Waals surface area contributed by atoms with Crippen LogP contribution in [-0.2, 0) is 25.6 Å². The van der Waals surface area contributed by atoms with Gasteiger partial charge < -0.3 is 19.1 Å². The zero-order valence-electron chi connectivity index (χ0n) is 13.6. The van der Waals surface area contributed by atoms with E-state index < -0.39 is 6.09 Å². The molecule has 1 fully saturated rings. The van der Waals surface area contributed by atoms with Crippen molar-refractivity contribution < 1.29 is 23.8 Å². The lowest BCUT2D eigenvalue weighted by Crippen LogP contribution is -2.50. The normalized spacial score (nSPS) is 20.9. The van der Waals surface area contributed by atoms with E-state index in [9.17, 15) is 9.59 Å². The van der Waals surface area contributed by atoms with E-state index in [4.69, 9.17) is 14.2 Å². The average molecular weight is 321 g/mol. The first-order chi connectivity index (χ1) is 11.2. The number of esters is 1. The van der Waals surface area contributed by atoms with Gasteiger partial charge in [-0.1, -0.05) is 30.3 Å². The topological polar surface area (TPSA) is 65.1 Å². The van der Waals surface area contributed by atoms with Gasteiger partial charge in [-0.2, -0.15) is 0 Å². The van der Waals surface area contributed by atoms with E-state index in [2.05, 4.69) is 0 Å². The Morgan fingerprint density at radius 1 is 1.17 bits per heavy atom. The number of carbonyl (C=O) groups excluding carboxylic acids is 2. The largest absolute Gasteiger partial charge is 0.469 e. The average Bonchev–Trinajstić information content (AvgIpc) is 2.60. The summed E-state index contributed by atoms with van der Waals surface area (Å²) in [5.74, 6) is -0.598. The first-order valence-corrected chi connectivity index (χ1v) is 7.69. The van der Waals surface area contributed by atoms with E-state index in [-0.39, 0.29) is 24.5 Å². The van der Waals surface area contributed by atoms with Crippen molar-refractivity contribution in [3.63, 3.8) is 0 Å². The molecule has 0 radical (unpaired) electrons. The van der Waals surface area contributed by atoms with Gasteiger partial charge in [0.2, 0.25) is 0 Å². The van der Waals surface area contributed by atoms with Crippen LogP contribution in [-0.4, -0.2) is 50.4 Å². The van der Waals surface area contributed by atoms with Gasteiger partial charge in [-0.25, -0.2) is 4.79 Å². The van der Waals surface area contributed by atoms with Crippen LogP contribution in [0.3, 0.4) is 0 Å². The highest BCUT2D eigenvalue weighted by Gasteiger charge is 2.36. The summed E-state index contributed by atoms with van der Waals surface area (Å²) in [6, 6.07) is 9.41. The molecule has 0 aromatic heterocycles. The first kappa shape index (κ1) is 17.3. The van der Waals surface area contributed by atoms with E-state index in [0.717, 1.165) is 5.56 Å². The lowest BCUT2D eigenvalue weighted by molar-refractivity contribution is -0.147. The minimum atomic E-state index is -0.426. The maximum atomic E-state index is 12.4. The summed E-state index contributed by atoms with van der Waals surface area (Å²) in [6.45, 7) is 0.932. The zero-order valence-corrected chi connectivity index (χ0v) is 13.6. The Bertz CT molecular complexity index is 519. The van der Waals surface area contributed by atoms with Crippen LogP contribution in [0.25, 0.3) is 0 Å². The molecule has 126 valence electrons. The van der Waals surface area contributed by atoms with Crippen molar-refractivity contribution in [3.05, 3.63) is 35.9 Å². The van der Waals surface area contributed by atoms with Crippen molar-refractivity contribution in [3.8, 4) is 0 Å². The summed E-state index contributed by atoms with van der Waals surface area (Å²) in [6.07, 6.45) is 0.946. The number of carbonyl (C=O) groups is 2. The zero-order chi connectivity index (χ0) is 16.7. The predicted octanol–water partition coefficient (Wildman–Crippen LogP) is 2.22. The SMILES string of the molecule is COCC1CCC(C(=O)OC)CN1C(=O)OCc1ccccc1. The van der Waals surface area contributed by atoms with E-state index >= 15 is 0 Å². The fraction of sp³-hybridized carbons (Fsp3) is 0.529. The number of likely N-dealkylation sites (tertiary alicyclic amines) is 1. The highest BCUT2D eigenvalue weighted by Crippen LogP contribution is 2.24. The molecule has 0 N–H and O–H groups in total. The predicted molar refractivity (Wildman–Crippen MR) is 83.7 cm³/mol. The van der Waals surface area contributed by atoms with Gasteiger partial charge in [0.15, 0.2) is 0 Å². The Hall–Kier alpha value is -2.08. The number of amides is 1. The van der Waals surface area contributed by atoms with Crippen molar-refractivity contribution in [2.45, 2.75) is 25.5 Å². The Labute approximate surface area is 136 Å². The molecule has 6 nitrogen and oxygen atoms in total. The lowest BCUT2D eigenvalue weighted by Gasteiger charge is -2.37. The van der Waals surface area contributed by atoms with Crippen LogP contribution in [0.15, 0.2) is 30.3 Å². The van der Waals surface area contributed by atoms with E-state index in [1.807, 2.05) is 30.3 Å².